The largest absolute Gasteiger partial charge is 0.387 e. The summed E-state index contributed by atoms with van der Waals surface area (Å²) in [7, 11) is 0. The molecule has 4 nitrogen and oxygen atoms in total. The van der Waals surface area contributed by atoms with Gasteiger partial charge in [0.05, 0.1) is 6.10 Å². The molecule has 1 N–H and O–H groups in total. The number of piperidine rings is 1. The van der Waals surface area contributed by atoms with Crippen molar-refractivity contribution < 1.29 is 9.50 Å². The molecule has 1 aliphatic heterocycles. The number of benzene rings is 1. The van der Waals surface area contributed by atoms with Gasteiger partial charge in [0, 0.05) is 25.5 Å². The number of nitrogens with zero attached hydrogens (tertiary/aromatic N) is 3. The van der Waals surface area contributed by atoms with Crippen molar-refractivity contribution in [3.05, 3.63) is 54.1 Å². The minimum Gasteiger partial charge on any atom is -0.387 e. The first kappa shape index (κ1) is 15.2. The van der Waals surface area contributed by atoms with Gasteiger partial charge in [-0.1, -0.05) is 12.1 Å². The van der Waals surface area contributed by atoms with Crippen LogP contribution in [0.4, 0.5) is 4.39 Å². The Kier molecular flexibility index (Phi) is 4.85. The van der Waals surface area contributed by atoms with Gasteiger partial charge in [-0.25, -0.2) is 4.39 Å². The number of hydrogen-bond donors (Lipinski definition) is 1. The van der Waals surface area contributed by atoms with E-state index < -0.39 is 6.10 Å². The van der Waals surface area contributed by atoms with E-state index in [2.05, 4.69) is 10.00 Å². The van der Waals surface area contributed by atoms with E-state index in [0.717, 1.165) is 32.5 Å². The Labute approximate surface area is 130 Å². The molecule has 3 rings (SSSR count). The zero-order valence-electron chi connectivity index (χ0n) is 12.6. The molecule has 0 bridgehead atoms. The maximum atomic E-state index is 13.2. The summed E-state index contributed by atoms with van der Waals surface area (Å²) in [6.07, 6.45) is 5.40. The zero-order chi connectivity index (χ0) is 15.4. The summed E-state index contributed by atoms with van der Waals surface area (Å²) < 4.78 is 15.2. The molecule has 0 saturated carbocycles. The number of aliphatic hydroxyl groups is 1. The molecular formula is C17H22FN3O. The molecule has 2 aromatic rings. The van der Waals surface area contributed by atoms with Gasteiger partial charge in [0.25, 0.3) is 0 Å². The lowest BCUT2D eigenvalue weighted by atomic mass is 9.96. The fourth-order valence-electron chi connectivity index (χ4n) is 3.09. The quantitative estimate of drug-likeness (QED) is 0.922. The molecule has 0 unspecified atom stereocenters. The first-order valence-corrected chi connectivity index (χ1v) is 7.84. The maximum Gasteiger partial charge on any atom is 0.123 e. The Morgan fingerprint density at radius 1 is 1.27 bits per heavy atom. The van der Waals surface area contributed by atoms with Gasteiger partial charge in [0.15, 0.2) is 0 Å². The van der Waals surface area contributed by atoms with Crippen molar-refractivity contribution in [3.8, 4) is 0 Å². The van der Waals surface area contributed by atoms with Crippen LogP contribution in [0.5, 0.6) is 0 Å². The van der Waals surface area contributed by atoms with Crippen molar-refractivity contribution in [1.82, 2.24) is 14.7 Å². The van der Waals surface area contributed by atoms with E-state index in [9.17, 15) is 9.50 Å². The van der Waals surface area contributed by atoms with Crippen molar-refractivity contribution in [2.24, 2.45) is 5.92 Å². The fraction of sp³-hybridized carbons (Fsp3) is 0.471. The van der Waals surface area contributed by atoms with Crippen LogP contribution in [0.2, 0.25) is 0 Å². The first-order chi connectivity index (χ1) is 10.7. The zero-order valence-corrected chi connectivity index (χ0v) is 12.6. The van der Waals surface area contributed by atoms with Crippen molar-refractivity contribution in [2.75, 3.05) is 19.6 Å². The highest BCUT2D eigenvalue weighted by Gasteiger charge is 2.22. The van der Waals surface area contributed by atoms with Crippen molar-refractivity contribution in [1.29, 1.82) is 0 Å². The van der Waals surface area contributed by atoms with E-state index in [1.54, 1.807) is 12.1 Å². The predicted octanol–water partition coefficient (Wildman–Crippen LogP) is 2.47. The lowest BCUT2D eigenvalue weighted by Gasteiger charge is -2.33. The molecule has 0 amide bonds. The molecule has 2 heterocycles. The van der Waals surface area contributed by atoms with Gasteiger partial charge in [0.2, 0.25) is 0 Å². The molecule has 1 aromatic heterocycles. The minimum absolute atomic E-state index is 0.297. The van der Waals surface area contributed by atoms with E-state index in [4.69, 9.17) is 0 Å². The Hall–Kier alpha value is -1.72. The SMILES string of the molecule is O[C@@H](CN1CCC(Cn2cccn2)CC1)c1cccc(F)c1. The molecular weight excluding hydrogens is 281 g/mol. The predicted molar refractivity (Wildman–Crippen MR) is 82.8 cm³/mol. The summed E-state index contributed by atoms with van der Waals surface area (Å²) in [6, 6.07) is 8.18. The summed E-state index contributed by atoms with van der Waals surface area (Å²) in [5.41, 5.74) is 0.652. The van der Waals surface area contributed by atoms with E-state index in [1.807, 2.05) is 23.1 Å². The Bertz CT molecular complexity index is 579. The lowest BCUT2D eigenvalue weighted by Crippen LogP contribution is -2.37. The van der Waals surface area contributed by atoms with Crippen LogP contribution in [0.3, 0.4) is 0 Å². The highest BCUT2D eigenvalue weighted by molar-refractivity contribution is 5.19. The molecule has 5 heteroatoms. The van der Waals surface area contributed by atoms with Gasteiger partial charge in [-0.15, -0.1) is 0 Å². The highest BCUT2D eigenvalue weighted by Crippen LogP contribution is 2.22. The van der Waals surface area contributed by atoms with Crippen LogP contribution in [0.1, 0.15) is 24.5 Å². The van der Waals surface area contributed by atoms with Crippen molar-refractivity contribution in [3.63, 3.8) is 0 Å². The van der Waals surface area contributed by atoms with E-state index in [0.29, 0.717) is 18.0 Å². The van der Waals surface area contributed by atoms with E-state index in [-0.39, 0.29) is 5.82 Å². The third kappa shape index (κ3) is 3.93. The van der Waals surface area contributed by atoms with Gasteiger partial charge >= 0.3 is 0 Å². The molecule has 1 fully saturated rings. The molecule has 22 heavy (non-hydrogen) atoms. The Morgan fingerprint density at radius 3 is 2.77 bits per heavy atom. The monoisotopic (exact) mass is 303 g/mol. The van der Waals surface area contributed by atoms with Gasteiger partial charge < -0.3 is 10.0 Å². The average Bonchev–Trinajstić information content (AvgIpc) is 3.02. The van der Waals surface area contributed by atoms with Gasteiger partial charge in [-0.3, -0.25) is 4.68 Å². The van der Waals surface area contributed by atoms with E-state index >= 15 is 0 Å². The second-order valence-corrected chi connectivity index (χ2v) is 6.04. The number of aliphatic hydroxyl groups excluding tert-OH is 1. The third-order valence-corrected chi connectivity index (χ3v) is 4.38. The molecule has 1 atom stereocenters. The van der Waals surface area contributed by atoms with Crippen molar-refractivity contribution >= 4 is 0 Å². The second kappa shape index (κ2) is 7.03. The van der Waals surface area contributed by atoms with Gasteiger partial charge in [-0.2, -0.15) is 5.10 Å². The molecule has 0 aliphatic carbocycles. The number of hydrogen-bond acceptors (Lipinski definition) is 3. The summed E-state index contributed by atoms with van der Waals surface area (Å²) in [5.74, 6) is 0.344. The summed E-state index contributed by atoms with van der Waals surface area (Å²) in [6.45, 7) is 3.47. The third-order valence-electron chi connectivity index (χ3n) is 4.38. The van der Waals surface area contributed by atoms with Crippen LogP contribution in [-0.2, 0) is 6.54 Å². The Balaban J connectivity index is 1.47. The minimum atomic E-state index is -0.627. The van der Waals surface area contributed by atoms with Crippen LogP contribution in [0.15, 0.2) is 42.7 Å². The van der Waals surface area contributed by atoms with Crippen LogP contribution in [0.25, 0.3) is 0 Å². The normalized spacial score (nSPS) is 18.5. The number of β-amino-alcohol motifs (C(OH)–C–C–N with tert-alkyl or cyclic N) is 1. The van der Waals surface area contributed by atoms with Crippen molar-refractivity contribution in [2.45, 2.75) is 25.5 Å². The number of rotatable bonds is 5. The van der Waals surface area contributed by atoms with Crippen LogP contribution in [0, 0.1) is 11.7 Å². The van der Waals surface area contributed by atoms with Crippen LogP contribution in [-0.4, -0.2) is 39.4 Å². The van der Waals surface area contributed by atoms with Crippen LogP contribution < -0.4 is 0 Å². The first-order valence-electron chi connectivity index (χ1n) is 7.84. The maximum absolute atomic E-state index is 13.2. The summed E-state index contributed by atoms with van der Waals surface area (Å²) in [5, 5.41) is 14.5. The standard InChI is InChI=1S/C17H22FN3O/c18-16-4-1-3-15(11-16)17(22)13-20-9-5-14(6-10-20)12-21-8-2-7-19-21/h1-4,7-8,11,14,17,22H,5-6,9-10,12-13H2/t17-/m0/s1. The smallest absolute Gasteiger partial charge is 0.123 e. The van der Waals surface area contributed by atoms with Gasteiger partial charge in [-0.05, 0) is 55.6 Å². The summed E-state index contributed by atoms with van der Waals surface area (Å²) >= 11 is 0. The highest BCUT2D eigenvalue weighted by atomic mass is 19.1. The molecule has 1 aromatic carbocycles. The topological polar surface area (TPSA) is 41.3 Å². The average molecular weight is 303 g/mol. The molecule has 1 saturated heterocycles. The number of halogens is 1. The second-order valence-electron chi connectivity index (χ2n) is 6.04. The molecule has 0 radical (unpaired) electrons. The fourth-order valence-corrected chi connectivity index (χ4v) is 3.09. The van der Waals surface area contributed by atoms with Crippen LogP contribution >= 0.6 is 0 Å². The van der Waals surface area contributed by atoms with E-state index in [1.165, 1.54) is 12.1 Å². The number of aromatic nitrogens is 2. The molecule has 118 valence electrons. The molecule has 0 spiro atoms. The lowest BCUT2D eigenvalue weighted by molar-refractivity contribution is 0.0858. The Morgan fingerprint density at radius 2 is 2.09 bits per heavy atom. The van der Waals surface area contributed by atoms with Gasteiger partial charge in [0.1, 0.15) is 5.82 Å². The number of likely N-dealkylation sites (tertiary alicyclic amines) is 1. The molecule has 1 aliphatic rings. The summed E-state index contributed by atoms with van der Waals surface area (Å²) in [4.78, 5) is 2.26.